The van der Waals surface area contributed by atoms with Gasteiger partial charge in [0.1, 0.15) is 5.82 Å². The first-order chi connectivity index (χ1) is 14.1. The topological polar surface area (TPSA) is 48.5 Å². The summed E-state index contributed by atoms with van der Waals surface area (Å²) in [6.07, 6.45) is 5.24. The molecular formula is C22H20FN3O2S. The van der Waals surface area contributed by atoms with Gasteiger partial charge < -0.3 is 9.14 Å². The van der Waals surface area contributed by atoms with Crippen molar-refractivity contribution in [1.29, 1.82) is 0 Å². The van der Waals surface area contributed by atoms with E-state index < -0.39 is 0 Å². The van der Waals surface area contributed by atoms with Gasteiger partial charge in [-0.2, -0.15) is 5.10 Å². The van der Waals surface area contributed by atoms with Gasteiger partial charge in [0.05, 0.1) is 29.3 Å². The fourth-order valence-electron chi connectivity index (χ4n) is 3.30. The Morgan fingerprint density at radius 1 is 1.21 bits per heavy atom. The summed E-state index contributed by atoms with van der Waals surface area (Å²) in [5.74, 6) is -0.612. The molecule has 148 valence electrons. The quantitative estimate of drug-likeness (QED) is 0.428. The Balaban J connectivity index is 1.70. The van der Waals surface area contributed by atoms with Gasteiger partial charge in [0, 0.05) is 23.5 Å². The number of rotatable bonds is 6. The van der Waals surface area contributed by atoms with Gasteiger partial charge in [0.15, 0.2) is 0 Å². The largest absolute Gasteiger partial charge is 0.466 e. The molecule has 0 saturated heterocycles. The minimum absolute atomic E-state index is 0.160. The molecule has 4 rings (SSSR count). The molecule has 0 atom stereocenters. The zero-order valence-electron chi connectivity index (χ0n) is 16.1. The molecule has 0 amide bonds. The molecule has 3 aromatic heterocycles. The second-order valence-electron chi connectivity index (χ2n) is 6.54. The lowest BCUT2D eigenvalue weighted by Crippen LogP contribution is -2.08. The predicted molar refractivity (Wildman–Crippen MR) is 110 cm³/mol. The van der Waals surface area contributed by atoms with Crippen LogP contribution in [0, 0.1) is 12.7 Å². The molecule has 7 heteroatoms. The molecule has 0 saturated carbocycles. The molecule has 5 nitrogen and oxygen atoms in total. The van der Waals surface area contributed by atoms with E-state index in [4.69, 9.17) is 4.74 Å². The summed E-state index contributed by atoms with van der Waals surface area (Å²) in [6, 6.07) is 13.0. The minimum Gasteiger partial charge on any atom is -0.466 e. The third-order valence-electron chi connectivity index (χ3n) is 4.66. The summed E-state index contributed by atoms with van der Waals surface area (Å²) >= 11 is 1.53. The molecule has 0 unspecified atom stereocenters. The Bertz CT molecular complexity index is 1150. The third-order valence-corrected chi connectivity index (χ3v) is 5.86. The van der Waals surface area contributed by atoms with E-state index in [2.05, 4.69) is 5.10 Å². The smallest absolute Gasteiger partial charge is 0.310 e. The maximum atomic E-state index is 14.0. The van der Waals surface area contributed by atoms with Gasteiger partial charge in [-0.1, -0.05) is 11.8 Å². The van der Waals surface area contributed by atoms with Gasteiger partial charge in [-0.25, -0.2) is 9.07 Å². The second-order valence-corrected chi connectivity index (χ2v) is 7.60. The molecule has 4 aromatic rings. The number of hydrogen-bond donors (Lipinski definition) is 0. The van der Waals surface area contributed by atoms with Crippen molar-refractivity contribution in [3.8, 4) is 5.69 Å². The summed E-state index contributed by atoms with van der Waals surface area (Å²) in [5, 5.41) is 5.11. The van der Waals surface area contributed by atoms with Gasteiger partial charge in [0.2, 0.25) is 0 Å². The minimum atomic E-state index is -0.328. The van der Waals surface area contributed by atoms with Crippen molar-refractivity contribution in [3.05, 3.63) is 78.0 Å². The molecule has 0 bridgehead atoms. The molecule has 0 spiro atoms. The van der Waals surface area contributed by atoms with Gasteiger partial charge in [-0.3, -0.25) is 4.79 Å². The van der Waals surface area contributed by atoms with Crippen LogP contribution in [-0.4, -0.2) is 26.8 Å². The van der Waals surface area contributed by atoms with Crippen molar-refractivity contribution < 1.29 is 13.9 Å². The zero-order valence-corrected chi connectivity index (χ0v) is 16.9. The second kappa shape index (κ2) is 8.13. The first-order valence-corrected chi connectivity index (χ1v) is 10.1. The highest BCUT2D eigenvalue weighted by Crippen LogP contribution is 2.36. The summed E-state index contributed by atoms with van der Waals surface area (Å²) in [7, 11) is 0. The molecule has 0 aliphatic rings. The third kappa shape index (κ3) is 3.91. The number of nitrogens with zero attached hydrogens (tertiary/aromatic N) is 3. The van der Waals surface area contributed by atoms with Crippen LogP contribution in [0.25, 0.3) is 11.2 Å². The van der Waals surface area contributed by atoms with Crippen LogP contribution in [0.1, 0.15) is 18.1 Å². The van der Waals surface area contributed by atoms with E-state index >= 15 is 0 Å². The van der Waals surface area contributed by atoms with Crippen molar-refractivity contribution in [3.63, 3.8) is 0 Å². The van der Waals surface area contributed by atoms with Gasteiger partial charge in [0.25, 0.3) is 0 Å². The number of carbonyl (C=O) groups excluding carboxylic acids is 1. The van der Waals surface area contributed by atoms with Crippen LogP contribution in [0.4, 0.5) is 4.39 Å². The zero-order chi connectivity index (χ0) is 20.4. The predicted octanol–water partition coefficient (Wildman–Crippen LogP) is 4.83. The number of halogens is 1. The molecule has 0 aliphatic carbocycles. The standard InChI is InChI=1S/C22H20FN3O2S/c1-3-28-21(27)13-19-15(2)22(25-14-16(23)5-10-20(19)25)29-18-8-6-17(7-9-18)26-12-4-11-24-26/h4-12,14H,3,13H2,1-2H3. The van der Waals surface area contributed by atoms with Crippen LogP contribution in [0.15, 0.2) is 71.0 Å². The van der Waals surface area contributed by atoms with E-state index in [1.165, 1.54) is 24.0 Å². The maximum absolute atomic E-state index is 14.0. The Morgan fingerprint density at radius 2 is 2.00 bits per heavy atom. The highest BCUT2D eigenvalue weighted by Gasteiger charge is 2.19. The number of ether oxygens (including phenoxy) is 1. The summed E-state index contributed by atoms with van der Waals surface area (Å²) in [6.45, 7) is 4.08. The SMILES string of the molecule is CCOC(=O)Cc1c(C)c(Sc2ccc(-n3cccn3)cc2)n2cc(F)ccc12. The fourth-order valence-corrected chi connectivity index (χ4v) is 4.32. The van der Waals surface area contributed by atoms with Crippen LogP contribution < -0.4 is 0 Å². The Kier molecular flexibility index (Phi) is 5.40. The Hall–Kier alpha value is -3.06. The van der Waals surface area contributed by atoms with Crippen molar-refractivity contribution in [1.82, 2.24) is 14.2 Å². The average molecular weight is 409 g/mol. The number of pyridine rings is 1. The lowest BCUT2D eigenvalue weighted by atomic mass is 10.1. The van der Waals surface area contributed by atoms with Gasteiger partial charge >= 0.3 is 5.97 Å². The summed E-state index contributed by atoms with van der Waals surface area (Å²) < 4.78 is 22.7. The number of aromatic nitrogens is 3. The van der Waals surface area contributed by atoms with E-state index in [0.717, 1.165) is 32.3 Å². The van der Waals surface area contributed by atoms with Crippen LogP contribution in [0.3, 0.4) is 0 Å². The van der Waals surface area contributed by atoms with Gasteiger partial charge in [-0.15, -0.1) is 0 Å². The van der Waals surface area contributed by atoms with Crippen LogP contribution in [0.5, 0.6) is 0 Å². The van der Waals surface area contributed by atoms with Crippen LogP contribution in [-0.2, 0) is 16.0 Å². The number of esters is 1. The highest BCUT2D eigenvalue weighted by atomic mass is 32.2. The van der Waals surface area contributed by atoms with E-state index in [1.54, 1.807) is 23.9 Å². The Morgan fingerprint density at radius 3 is 2.69 bits per heavy atom. The number of hydrogen-bond acceptors (Lipinski definition) is 4. The lowest BCUT2D eigenvalue weighted by Gasteiger charge is -2.06. The molecule has 29 heavy (non-hydrogen) atoms. The average Bonchev–Trinajstić information content (AvgIpc) is 3.32. The molecule has 0 fully saturated rings. The summed E-state index contributed by atoms with van der Waals surface area (Å²) in [5.41, 5.74) is 3.58. The first-order valence-electron chi connectivity index (χ1n) is 9.29. The molecule has 1 aromatic carbocycles. The summed E-state index contributed by atoms with van der Waals surface area (Å²) in [4.78, 5) is 13.1. The maximum Gasteiger partial charge on any atom is 0.310 e. The number of benzene rings is 1. The van der Waals surface area contributed by atoms with Crippen molar-refractivity contribution >= 4 is 23.2 Å². The normalized spacial score (nSPS) is 11.1. The fraction of sp³-hybridized carbons (Fsp3) is 0.182. The molecule has 0 radical (unpaired) electrons. The highest BCUT2D eigenvalue weighted by molar-refractivity contribution is 7.99. The first kappa shape index (κ1) is 19.3. The number of carbonyl (C=O) groups is 1. The van der Waals surface area contributed by atoms with E-state index in [9.17, 15) is 9.18 Å². The van der Waals surface area contributed by atoms with E-state index in [0.29, 0.717) is 6.61 Å². The van der Waals surface area contributed by atoms with E-state index in [1.807, 2.05) is 47.9 Å². The van der Waals surface area contributed by atoms with Gasteiger partial charge in [-0.05, 0) is 67.4 Å². The van der Waals surface area contributed by atoms with Crippen LogP contribution >= 0.6 is 11.8 Å². The monoisotopic (exact) mass is 409 g/mol. The molecule has 0 N–H and O–H groups in total. The van der Waals surface area contributed by atoms with Crippen LogP contribution in [0.2, 0.25) is 0 Å². The molecular weight excluding hydrogens is 389 g/mol. The van der Waals surface area contributed by atoms with Crippen molar-refractivity contribution in [2.45, 2.75) is 30.2 Å². The lowest BCUT2D eigenvalue weighted by molar-refractivity contribution is -0.142. The Labute approximate surface area is 172 Å². The van der Waals surface area contributed by atoms with Crippen molar-refractivity contribution in [2.75, 3.05) is 6.61 Å². The van der Waals surface area contributed by atoms with E-state index in [-0.39, 0.29) is 18.2 Å². The number of fused-ring (bicyclic) bond motifs is 1. The van der Waals surface area contributed by atoms with Crippen molar-refractivity contribution in [2.24, 2.45) is 0 Å². The molecule has 0 aliphatic heterocycles. The molecule has 3 heterocycles.